The zero-order valence-corrected chi connectivity index (χ0v) is 13.7. The van der Waals surface area contributed by atoms with E-state index in [2.05, 4.69) is 15.9 Å². The fourth-order valence-electron chi connectivity index (χ4n) is 2.14. The molecule has 0 amide bonds. The van der Waals surface area contributed by atoms with Crippen LogP contribution in [0.3, 0.4) is 0 Å². The van der Waals surface area contributed by atoms with Crippen LogP contribution in [0.4, 0.5) is 0 Å². The van der Waals surface area contributed by atoms with Crippen LogP contribution in [0, 0.1) is 0 Å². The lowest BCUT2D eigenvalue weighted by Gasteiger charge is -2.11. The minimum Gasteiger partial charge on any atom is -0.493 e. The van der Waals surface area contributed by atoms with Gasteiger partial charge in [-0.05, 0) is 45.8 Å². The summed E-state index contributed by atoms with van der Waals surface area (Å²) in [5.74, 6) is 2.17. The molecule has 0 aliphatic heterocycles. The second-order valence-electron chi connectivity index (χ2n) is 4.77. The molecule has 0 spiro atoms. The van der Waals surface area contributed by atoms with Crippen LogP contribution in [0.1, 0.15) is 5.56 Å². The Morgan fingerprint density at radius 3 is 2.50 bits per heavy atom. The molecule has 3 aromatic rings. The first-order valence-electron chi connectivity index (χ1n) is 6.85. The SMILES string of the molecule is COc1cc(-c2cc(Br)co2)ccc1OCc1ccccc1. The number of furan rings is 1. The number of hydrogen-bond donors (Lipinski definition) is 0. The number of benzene rings is 2. The quantitative estimate of drug-likeness (QED) is 0.620. The molecule has 0 saturated carbocycles. The van der Waals surface area contributed by atoms with Crippen LogP contribution >= 0.6 is 15.9 Å². The fraction of sp³-hybridized carbons (Fsp3) is 0.111. The molecule has 0 bridgehead atoms. The van der Waals surface area contributed by atoms with Crippen molar-refractivity contribution in [2.45, 2.75) is 6.61 Å². The van der Waals surface area contributed by atoms with Gasteiger partial charge in [-0.3, -0.25) is 0 Å². The van der Waals surface area contributed by atoms with Gasteiger partial charge in [-0.15, -0.1) is 0 Å². The van der Waals surface area contributed by atoms with Crippen molar-refractivity contribution in [3.63, 3.8) is 0 Å². The van der Waals surface area contributed by atoms with Gasteiger partial charge in [0.05, 0.1) is 11.6 Å². The molecule has 22 heavy (non-hydrogen) atoms. The monoisotopic (exact) mass is 358 g/mol. The third-order valence-electron chi connectivity index (χ3n) is 3.25. The average Bonchev–Trinajstić information content (AvgIpc) is 3.00. The number of ether oxygens (including phenoxy) is 2. The van der Waals surface area contributed by atoms with Gasteiger partial charge in [-0.25, -0.2) is 0 Å². The summed E-state index contributed by atoms with van der Waals surface area (Å²) in [6.45, 7) is 0.503. The maximum Gasteiger partial charge on any atom is 0.161 e. The molecule has 0 aliphatic rings. The highest BCUT2D eigenvalue weighted by Crippen LogP contribution is 2.34. The van der Waals surface area contributed by atoms with Gasteiger partial charge in [0.1, 0.15) is 18.6 Å². The lowest BCUT2D eigenvalue weighted by Crippen LogP contribution is -1.97. The van der Waals surface area contributed by atoms with Gasteiger partial charge in [0.25, 0.3) is 0 Å². The van der Waals surface area contributed by atoms with Gasteiger partial charge < -0.3 is 13.9 Å². The Morgan fingerprint density at radius 1 is 1.00 bits per heavy atom. The van der Waals surface area contributed by atoms with E-state index in [9.17, 15) is 0 Å². The van der Waals surface area contributed by atoms with Crippen LogP contribution in [0.15, 0.2) is 69.8 Å². The number of halogens is 1. The van der Waals surface area contributed by atoms with Crippen molar-refractivity contribution in [2.24, 2.45) is 0 Å². The maximum absolute atomic E-state index is 5.85. The summed E-state index contributed by atoms with van der Waals surface area (Å²) in [4.78, 5) is 0. The highest BCUT2D eigenvalue weighted by Gasteiger charge is 2.10. The van der Waals surface area contributed by atoms with Crippen molar-refractivity contribution in [1.29, 1.82) is 0 Å². The van der Waals surface area contributed by atoms with Crippen molar-refractivity contribution < 1.29 is 13.9 Å². The summed E-state index contributed by atoms with van der Waals surface area (Å²) >= 11 is 3.38. The predicted octanol–water partition coefficient (Wildman–Crippen LogP) is 5.30. The van der Waals surface area contributed by atoms with E-state index in [1.165, 1.54) is 0 Å². The van der Waals surface area contributed by atoms with Gasteiger partial charge >= 0.3 is 0 Å². The molecule has 0 fully saturated rings. The zero-order valence-electron chi connectivity index (χ0n) is 12.1. The van der Waals surface area contributed by atoms with E-state index < -0.39 is 0 Å². The van der Waals surface area contributed by atoms with Crippen molar-refractivity contribution >= 4 is 15.9 Å². The third-order valence-corrected chi connectivity index (χ3v) is 3.67. The molecule has 1 heterocycles. The molecular formula is C18H15BrO3. The molecule has 0 unspecified atom stereocenters. The van der Waals surface area contributed by atoms with Gasteiger partial charge in [0.2, 0.25) is 0 Å². The molecule has 0 radical (unpaired) electrons. The van der Waals surface area contributed by atoms with Crippen LogP contribution in [0.5, 0.6) is 11.5 Å². The van der Waals surface area contributed by atoms with Gasteiger partial charge in [-0.1, -0.05) is 30.3 Å². The van der Waals surface area contributed by atoms with E-state index in [-0.39, 0.29) is 0 Å². The van der Waals surface area contributed by atoms with Crippen LogP contribution in [0.25, 0.3) is 11.3 Å². The lowest BCUT2D eigenvalue weighted by atomic mass is 10.1. The average molecular weight is 359 g/mol. The molecule has 0 aliphatic carbocycles. The van der Waals surface area contributed by atoms with E-state index in [1.54, 1.807) is 13.4 Å². The minimum absolute atomic E-state index is 0.503. The summed E-state index contributed by atoms with van der Waals surface area (Å²) in [6, 6.07) is 17.7. The Morgan fingerprint density at radius 2 is 1.82 bits per heavy atom. The smallest absolute Gasteiger partial charge is 0.161 e. The summed E-state index contributed by atoms with van der Waals surface area (Å²) < 4.78 is 17.7. The van der Waals surface area contributed by atoms with Crippen molar-refractivity contribution in [3.05, 3.63) is 70.9 Å². The molecule has 2 aromatic carbocycles. The van der Waals surface area contributed by atoms with Crippen LogP contribution in [-0.2, 0) is 6.61 Å². The second kappa shape index (κ2) is 6.71. The van der Waals surface area contributed by atoms with Gasteiger partial charge in [0, 0.05) is 5.56 Å². The molecule has 1 aromatic heterocycles. The predicted molar refractivity (Wildman–Crippen MR) is 89.2 cm³/mol. The summed E-state index contributed by atoms with van der Waals surface area (Å²) in [5, 5.41) is 0. The third kappa shape index (κ3) is 3.34. The second-order valence-corrected chi connectivity index (χ2v) is 5.68. The molecule has 4 heteroatoms. The maximum atomic E-state index is 5.85. The Balaban J connectivity index is 1.80. The van der Waals surface area contributed by atoms with E-state index in [0.717, 1.165) is 21.4 Å². The number of rotatable bonds is 5. The standard InChI is InChI=1S/C18H15BrO3/c1-20-18-9-14(17-10-15(19)12-22-17)7-8-16(18)21-11-13-5-3-2-4-6-13/h2-10,12H,11H2,1H3. The normalized spacial score (nSPS) is 10.5. The summed E-state index contributed by atoms with van der Waals surface area (Å²) in [6.07, 6.45) is 1.65. The topological polar surface area (TPSA) is 31.6 Å². The summed E-state index contributed by atoms with van der Waals surface area (Å²) in [5.41, 5.74) is 2.05. The molecule has 3 rings (SSSR count). The van der Waals surface area contributed by atoms with E-state index in [4.69, 9.17) is 13.9 Å². The highest BCUT2D eigenvalue weighted by atomic mass is 79.9. The van der Waals surface area contributed by atoms with E-state index >= 15 is 0 Å². The molecule has 0 N–H and O–H groups in total. The summed E-state index contributed by atoms with van der Waals surface area (Å²) in [7, 11) is 1.63. The Labute approximate surface area is 137 Å². The highest BCUT2D eigenvalue weighted by molar-refractivity contribution is 9.10. The molecule has 112 valence electrons. The molecular weight excluding hydrogens is 344 g/mol. The number of hydrogen-bond acceptors (Lipinski definition) is 3. The molecule has 0 atom stereocenters. The van der Waals surface area contributed by atoms with Crippen molar-refractivity contribution in [1.82, 2.24) is 0 Å². The van der Waals surface area contributed by atoms with Crippen LogP contribution in [0.2, 0.25) is 0 Å². The Hall–Kier alpha value is -2.20. The van der Waals surface area contributed by atoms with E-state index in [0.29, 0.717) is 18.1 Å². The lowest BCUT2D eigenvalue weighted by molar-refractivity contribution is 0.284. The van der Waals surface area contributed by atoms with Crippen molar-refractivity contribution in [2.75, 3.05) is 7.11 Å². The van der Waals surface area contributed by atoms with Crippen molar-refractivity contribution in [3.8, 4) is 22.8 Å². The molecule has 3 nitrogen and oxygen atoms in total. The first kappa shape index (κ1) is 14.7. The Kier molecular flexibility index (Phi) is 4.49. The van der Waals surface area contributed by atoms with Crippen LogP contribution in [-0.4, -0.2) is 7.11 Å². The fourth-order valence-corrected chi connectivity index (χ4v) is 2.44. The Bertz CT molecular complexity index is 750. The van der Waals surface area contributed by atoms with Gasteiger partial charge in [-0.2, -0.15) is 0 Å². The first-order chi connectivity index (χ1) is 10.8. The van der Waals surface area contributed by atoms with Gasteiger partial charge in [0.15, 0.2) is 11.5 Å². The minimum atomic E-state index is 0.503. The largest absolute Gasteiger partial charge is 0.493 e. The van der Waals surface area contributed by atoms with Crippen LogP contribution < -0.4 is 9.47 Å². The first-order valence-corrected chi connectivity index (χ1v) is 7.65. The van der Waals surface area contributed by atoms with E-state index in [1.807, 2.05) is 54.6 Å². The number of methoxy groups -OCH3 is 1. The zero-order chi connectivity index (χ0) is 15.4. The molecule has 0 saturated heterocycles.